The number of carboxylic acids is 1. The van der Waals surface area contributed by atoms with Crippen molar-refractivity contribution < 1.29 is 20.1 Å². The number of fused-ring (bicyclic) bond motifs is 1. The molecule has 0 amide bonds. The first-order valence-corrected chi connectivity index (χ1v) is 6.34. The van der Waals surface area contributed by atoms with E-state index in [1.165, 1.54) is 18.2 Å². The fraction of sp³-hybridized carbons (Fsp3) is 0. The van der Waals surface area contributed by atoms with E-state index in [0.717, 1.165) is 16.3 Å². The molecular weight excluding hydrogens is 268 g/mol. The molecule has 0 saturated heterocycles. The van der Waals surface area contributed by atoms with Crippen LogP contribution in [0.2, 0.25) is 0 Å². The number of carboxylic acid groups (broad SMARTS) is 1. The molecule has 0 saturated carbocycles. The Labute approximate surface area is 120 Å². The van der Waals surface area contributed by atoms with Gasteiger partial charge in [-0.1, -0.05) is 18.2 Å². The quantitative estimate of drug-likeness (QED) is 0.670. The maximum atomic E-state index is 11.0. The highest BCUT2D eigenvalue weighted by molar-refractivity contribution is 5.97. The Hall–Kier alpha value is -3.01. The summed E-state index contributed by atoms with van der Waals surface area (Å²) in [5, 5.41) is 30.0. The van der Waals surface area contributed by atoms with Crippen molar-refractivity contribution >= 4 is 16.7 Å². The Balaban J connectivity index is 2.20. The normalized spacial score (nSPS) is 10.7. The van der Waals surface area contributed by atoms with Crippen molar-refractivity contribution in [3.63, 3.8) is 0 Å². The summed E-state index contributed by atoms with van der Waals surface area (Å²) in [5.74, 6) is -0.736. The average Bonchev–Trinajstić information content (AvgIpc) is 2.47. The molecule has 3 aromatic carbocycles. The molecule has 0 aromatic heterocycles. The van der Waals surface area contributed by atoms with Gasteiger partial charge in [0.2, 0.25) is 0 Å². The molecule has 3 rings (SSSR count). The number of benzene rings is 3. The summed E-state index contributed by atoms with van der Waals surface area (Å²) in [5.41, 5.74) is 1.53. The molecule has 4 nitrogen and oxygen atoms in total. The molecule has 0 unspecified atom stereocenters. The van der Waals surface area contributed by atoms with Crippen LogP contribution in [0.5, 0.6) is 11.5 Å². The zero-order chi connectivity index (χ0) is 15.0. The fourth-order valence-corrected chi connectivity index (χ4v) is 2.29. The van der Waals surface area contributed by atoms with E-state index in [2.05, 4.69) is 0 Å². The number of phenols is 2. The standard InChI is InChI=1S/C17H12O4/c18-14-5-3-10(4-6-14)15-8-13-7-12(17(20)21)2-1-11(13)9-16(15)19/h1-9,18-19H,(H,20,21). The molecule has 104 valence electrons. The Morgan fingerprint density at radius 1 is 0.810 bits per heavy atom. The van der Waals surface area contributed by atoms with Crippen molar-refractivity contribution in [2.24, 2.45) is 0 Å². The van der Waals surface area contributed by atoms with Gasteiger partial charge in [0.1, 0.15) is 11.5 Å². The molecule has 0 spiro atoms. The minimum atomic E-state index is -0.990. The topological polar surface area (TPSA) is 77.8 Å². The predicted molar refractivity (Wildman–Crippen MR) is 79.7 cm³/mol. The lowest BCUT2D eigenvalue weighted by Crippen LogP contribution is -1.95. The van der Waals surface area contributed by atoms with Crippen molar-refractivity contribution in [3.8, 4) is 22.6 Å². The van der Waals surface area contributed by atoms with Gasteiger partial charge < -0.3 is 15.3 Å². The van der Waals surface area contributed by atoms with Crippen molar-refractivity contribution in [3.05, 3.63) is 60.2 Å². The summed E-state index contributed by atoms with van der Waals surface area (Å²) < 4.78 is 0. The zero-order valence-electron chi connectivity index (χ0n) is 10.9. The summed E-state index contributed by atoms with van der Waals surface area (Å²) in [6.07, 6.45) is 0. The maximum Gasteiger partial charge on any atom is 0.335 e. The lowest BCUT2D eigenvalue weighted by Gasteiger charge is -2.08. The van der Waals surface area contributed by atoms with Crippen LogP contribution < -0.4 is 0 Å². The van der Waals surface area contributed by atoms with Gasteiger partial charge in [-0.2, -0.15) is 0 Å². The van der Waals surface area contributed by atoms with Crippen LogP contribution in [0.25, 0.3) is 21.9 Å². The Morgan fingerprint density at radius 3 is 2.19 bits per heavy atom. The third-order valence-electron chi connectivity index (χ3n) is 3.38. The van der Waals surface area contributed by atoms with Gasteiger partial charge in [-0.05, 0) is 52.7 Å². The number of hydrogen-bond acceptors (Lipinski definition) is 3. The van der Waals surface area contributed by atoms with Crippen LogP contribution in [-0.4, -0.2) is 21.3 Å². The summed E-state index contributed by atoms with van der Waals surface area (Å²) in [6.45, 7) is 0. The Bertz CT molecular complexity index is 835. The highest BCUT2D eigenvalue weighted by Gasteiger charge is 2.09. The summed E-state index contributed by atoms with van der Waals surface area (Å²) in [7, 11) is 0. The molecule has 0 heterocycles. The molecule has 21 heavy (non-hydrogen) atoms. The van der Waals surface area contributed by atoms with Gasteiger partial charge >= 0.3 is 5.97 Å². The second-order valence-electron chi connectivity index (χ2n) is 4.78. The number of phenolic OH excluding ortho intramolecular Hbond substituents is 2. The summed E-state index contributed by atoms with van der Waals surface area (Å²) in [6, 6.07) is 14.5. The highest BCUT2D eigenvalue weighted by Crippen LogP contribution is 2.34. The van der Waals surface area contributed by atoms with Gasteiger partial charge in [0, 0.05) is 5.56 Å². The third kappa shape index (κ3) is 2.39. The molecule has 0 fully saturated rings. The molecule has 0 aliphatic heterocycles. The van der Waals surface area contributed by atoms with Gasteiger partial charge in [0.15, 0.2) is 0 Å². The van der Waals surface area contributed by atoms with Crippen LogP contribution >= 0.6 is 0 Å². The van der Waals surface area contributed by atoms with Gasteiger partial charge in [-0.15, -0.1) is 0 Å². The second kappa shape index (κ2) is 4.83. The minimum absolute atomic E-state index is 0.108. The van der Waals surface area contributed by atoms with Gasteiger partial charge in [0.25, 0.3) is 0 Å². The first-order chi connectivity index (χ1) is 10.0. The largest absolute Gasteiger partial charge is 0.508 e. The second-order valence-corrected chi connectivity index (χ2v) is 4.78. The fourth-order valence-electron chi connectivity index (χ4n) is 2.29. The number of carbonyl (C=O) groups is 1. The highest BCUT2D eigenvalue weighted by atomic mass is 16.4. The molecule has 0 aliphatic carbocycles. The smallest absolute Gasteiger partial charge is 0.335 e. The number of aromatic hydroxyl groups is 2. The van der Waals surface area contributed by atoms with Gasteiger partial charge in [-0.25, -0.2) is 4.79 Å². The summed E-state index contributed by atoms with van der Waals surface area (Å²) >= 11 is 0. The maximum absolute atomic E-state index is 11.0. The molecular formula is C17H12O4. The van der Waals surface area contributed by atoms with Crippen LogP contribution in [0, 0.1) is 0 Å². The number of hydrogen-bond donors (Lipinski definition) is 3. The van der Waals surface area contributed by atoms with Crippen LogP contribution in [0.3, 0.4) is 0 Å². The SMILES string of the molecule is O=C(O)c1ccc2cc(O)c(-c3ccc(O)cc3)cc2c1. The zero-order valence-corrected chi connectivity index (χ0v) is 10.9. The Kier molecular flexibility index (Phi) is 2.99. The first-order valence-electron chi connectivity index (χ1n) is 6.34. The van der Waals surface area contributed by atoms with E-state index >= 15 is 0 Å². The molecule has 4 heteroatoms. The minimum Gasteiger partial charge on any atom is -0.508 e. The van der Waals surface area contributed by atoms with Crippen LogP contribution in [0.4, 0.5) is 0 Å². The monoisotopic (exact) mass is 280 g/mol. The number of aromatic carboxylic acids is 1. The van der Waals surface area contributed by atoms with Crippen molar-refractivity contribution in [1.29, 1.82) is 0 Å². The first kappa shape index (κ1) is 13.0. The van der Waals surface area contributed by atoms with E-state index in [-0.39, 0.29) is 17.1 Å². The van der Waals surface area contributed by atoms with Crippen LogP contribution in [0.15, 0.2) is 54.6 Å². The van der Waals surface area contributed by atoms with E-state index in [0.29, 0.717) is 5.56 Å². The third-order valence-corrected chi connectivity index (χ3v) is 3.38. The van der Waals surface area contributed by atoms with E-state index in [4.69, 9.17) is 5.11 Å². The van der Waals surface area contributed by atoms with E-state index in [9.17, 15) is 15.0 Å². The lowest BCUT2D eigenvalue weighted by atomic mass is 9.99. The molecule has 0 atom stereocenters. The molecule has 0 aliphatic rings. The lowest BCUT2D eigenvalue weighted by molar-refractivity contribution is 0.0697. The molecule has 0 radical (unpaired) electrons. The van der Waals surface area contributed by atoms with E-state index in [1.54, 1.807) is 36.4 Å². The van der Waals surface area contributed by atoms with Crippen molar-refractivity contribution in [2.45, 2.75) is 0 Å². The van der Waals surface area contributed by atoms with Crippen molar-refractivity contribution in [2.75, 3.05) is 0 Å². The Morgan fingerprint density at radius 2 is 1.52 bits per heavy atom. The predicted octanol–water partition coefficient (Wildman–Crippen LogP) is 3.62. The van der Waals surface area contributed by atoms with E-state index < -0.39 is 5.97 Å². The van der Waals surface area contributed by atoms with Crippen LogP contribution in [0.1, 0.15) is 10.4 Å². The molecule has 0 bridgehead atoms. The van der Waals surface area contributed by atoms with Gasteiger partial charge in [0.05, 0.1) is 5.56 Å². The van der Waals surface area contributed by atoms with Crippen LogP contribution in [-0.2, 0) is 0 Å². The van der Waals surface area contributed by atoms with Crippen molar-refractivity contribution in [1.82, 2.24) is 0 Å². The molecule has 3 aromatic rings. The number of rotatable bonds is 2. The molecule has 3 N–H and O–H groups in total. The van der Waals surface area contributed by atoms with E-state index in [1.807, 2.05) is 0 Å². The average molecular weight is 280 g/mol. The summed E-state index contributed by atoms with van der Waals surface area (Å²) in [4.78, 5) is 11.0. The van der Waals surface area contributed by atoms with Gasteiger partial charge in [-0.3, -0.25) is 0 Å².